The van der Waals surface area contributed by atoms with E-state index in [4.69, 9.17) is 10.5 Å². The van der Waals surface area contributed by atoms with Crippen LogP contribution < -0.4 is 20.7 Å². The number of aliphatic hydroxyl groups excluding tert-OH is 1. The molecule has 0 radical (unpaired) electrons. The number of unbranched alkanes of at least 4 members (excludes halogenated alkanes) is 1. The van der Waals surface area contributed by atoms with Crippen LogP contribution in [0.25, 0.3) is 10.9 Å². The topological polar surface area (TPSA) is 83.6 Å². The molecule has 1 atom stereocenters. The number of methoxy groups -OCH3 is 1. The van der Waals surface area contributed by atoms with Crippen molar-refractivity contribution in [3.63, 3.8) is 0 Å². The molecule has 1 aromatic carbocycles. The van der Waals surface area contributed by atoms with Gasteiger partial charge in [0.25, 0.3) is 0 Å². The zero-order valence-electron chi connectivity index (χ0n) is 16.2. The molecule has 142 valence electrons. The highest BCUT2D eigenvalue weighted by atomic mass is 16.5. The molecule has 2 heterocycles. The second-order valence-corrected chi connectivity index (χ2v) is 7.86. The lowest BCUT2D eigenvalue weighted by Crippen LogP contribution is -2.43. The summed E-state index contributed by atoms with van der Waals surface area (Å²) >= 11 is 0. The maximum absolute atomic E-state index is 9.80. The summed E-state index contributed by atoms with van der Waals surface area (Å²) in [5.74, 6) is 1.27. The van der Waals surface area contributed by atoms with E-state index < -0.39 is 0 Å². The minimum Gasteiger partial charge on any atom is -0.497 e. The Balaban J connectivity index is 2.12. The molecule has 1 aliphatic heterocycles. The number of aliphatic hydroxyl groups is 1. The summed E-state index contributed by atoms with van der Waals surface area (Å²) in [5, 5.41) is 14.4. The van der Waals surface area contributed by atoms with Crippen LogP contribution in [-0.2, 0) is 0 Å². The van der Waals surface area contributed by atoms with E-state index in [-0.39, 0.29) is 18.2 Å². The SMILES string of the molecule is CCCCC1Nc2c(N)nc3cc(OC)ccc3c2N1CC(C)(C)CO. The molecule has 1 unspecified atom stereocenters. The molecule has 0 bridgehead atoms. The van der Waals surface area contributed by atoms with E-state index in [2.05, 4.69) is 36.0 Å². The predicted molar refractivity (Wildman–Crippen MR) is 108 cm³/mol. The predicted octanol–water partition coefficient (Wildman–Crippen LogP) is 3.59. The van der Waals surface area contributed by atoms with Gasteiger partial charge in [-0.3, -0.25) is 0 Å². The van der Waals surface area contributed by atoms with Crippen molar-refractivity contribution in [1.82, 2.24) is 4.98 Å². The summed E-state index contributed by atoms with van der Waals surface area (Å²) in [7, 11) is 1.65. The van der Waals surface area contributed by atoms with E-state index in [1.807, 2.05) is 18.2 Å². The van der Waals surface area contributed by atoms with Crippen LogP contribution in [0.1, 0.15) is 40.0 Å². The number of benzene rings is 1. The number of fused-ring (bicyclic) bond motifs is 3. The number of aromatic nitrogens is 1. The van der Waals surface area contributed by atoms with Crippen molar-refractivity contribution in [3.8, 4) is 5.75 Å². The molecule has 6 heteroatoms. The highest BCUT2D eigenvalue weighted by molar-refractivity contribution is 6.04. The Labute approximate surface area is 155 Å². The molecule has 0 amide bonds. The molecular weight excluding hydrogens is 328 g/mol. The Hall–Kier alpha value is -2.21. The maximum atomic E-state index is 9.80. The average molecular weight is 358 g/mol. The van der Waals surface area contributed by atoms with Crippen LogP contribution in [0.4, 0.5) is 17.2 Å². The summed E-state index contributed by atoms with van der Waals surface area (Å²) < 4.78 is 5.34. The minimum absolute atomic E-state index is 0.131. The first-order valence-electron chi connectivity index (χ1n) is 9.31. The highest BCUT2D eigenvalue weighted by Gasteiger charge is 2.35. The fourth-order valence-electron chi connectivity index (χ4n) is 3.54. The molecular formula is C20H30N4O2. The Morgan fingerprint density at radius 2 is 2.15 bits per heavy atom. The van der Waals surface area contributed by atoms with Crippen molar-refractivity contribution in [2.45, 2.75) is 46.2 Å². The molecule has 3 rings (SSSR count). The van der Waals surface area contributed by atoms with Crippen LogP contribution in [0.3, 0.4) is 0 Å². The van der Waals surface area contributed by atoms with Crippen LogP contribution in [-0.4, -0.2) is 36.5 Å². The summed E-state index contributed by atoms with van der Waals surface area (Å²) in [6, 6.07) is 5.91. The van der Waals surface area contributed by atoms with E-state index in [0.717, 1.165) is 53.8 Å². The number of ether oxygens (including phenoxy) is 1. The zero-order chi connectivity index (χ0) is 18.9. The first kappa shape index (κ1) is 18.6. The Kier molecular flexibility index (Phi) is 5.14. The number of nitrogens with two attached hydrogens (primary N) is 1. The summed E-state index contributed by atoms with van der Waals surface area (Å²) in [4.78, 5) is 6.94. The largest absolute Gasteiger partial charge is 0.497 e. The first-order chi connectivity index (χ1) is 12.4. The zero-order valence-corrected chi connectivity index (χ0v) is 16.2. The van der Waals surface area contributed by atoms with Crippen molar-refractivity contribution in [2.75, 3.05) is 36.2 Å². The number of hydrogen-bond acceptors (Lipinski definition) is 6. The lowest BCUT2D eigenvalue weighted by molar-refractivity contribution is 0.162. The van der Waals surface area contributed by atoms with E-state index in [1.54, 1.807) is 7.11 Å². The molecule has 0 saturated heterocycles. The molecule has 4 N–H and O–H groups in total. The van der Waals surface area contributed by atoms with Gasteiger partial charge in [-0.1, -0.05) is 27.2 Å². The number of anilines is 3. The monoisotopic (exact) mass is 358 g/mol. The van der Waals surface area contributed by atoms with Crippen LogP contribution in [0, 0.1) is 5.41 Å². The average Bonchev–Trinajstić information content (AvgIpc) is 2.98. The van der Waals surface area contributed by atoms with Gasteiger partial charge in [-0.25, -0.2) is 4.98 Å². The van der Waals surface area contributed by atoms with Crippen molar-refractivity contribution >= 4 is 28.1 Å². The standard InChI is InChI=1S/C20H30N4O2/c1-5-6-7-16-23-17-18(24(16)11-20(2,3)12-25)14-9-8-13(26-4)10-15(14)22-19(17)21/h8-10,16,23,25H,5-7,11-12H2,1-4H3,(H2,21,22). The third-order valence-electron chi connectivity index (χ3n) is 5.03. The van der Waals surface area contributed by atoms with Crippen molar-refractivity contribution < 1.29 is 9.84 Å². The van der Waals surface area contributed by atoms with Crippen molar-refractivity contribution in [3.05, 3.63) is 18.2 Å². The van der Waals surface area contributed by atoms with Gasteiger partial charge in [0.05, 0.1) is 24.5 Å². The summed E-state index contributed by atoms with van der Waals surface area (Å²) in [6.07, 6.45) is 3.44. The fraction of sp³-hybridized carbons (Fsp3) is 0.550. The van der Waals surface area contributed by atoms with Gasteiger partial charge in [0.1, 0.15) is 17.3 Å². The van der Waals surface area contributed by atoms with Crippen LogP contribution >= 0.6 is 0 Å². The first-order valence-corrected chi connectivity index (χ1v) is 9.31. The maximum Gasteiger partial charge on any atom is 0.149 e. The van der Waals surface area contributed by atoms with E-state index >= 15 is 0 Å². The van der Waals surface area contributed by atoms with Crippen LogP contribution in [0.5, 0.6) is 5.75 Å². The van der Waals surface area contributed by atoms with Crippen LogP contribution in [0.15, 0.2) is 18.2 Å². The van der Waals surface area contributed by atoms with E-state index in [0.29, 0.717) is 5.82 Å². The molecule has 6 nitrogen and oxygen atoms in total. The lowest BCUT2D eigenvalue weighted by Gasteiger charge is -2.34. The number of rotatable bonds is 7. The minimum atomic E-state index is -0.218. The van der Waals surface area contributed by atoms with Gasteiger partial charge in [-0.2, -0.15) is 0 Å². The number of nitrogens with zero attached hydrogens (tertiary/aromatic N) is 2. The van der Waals surface area contributed by atoms with Crippen molar-refractivity contribution in [1.29, 1.82) is 0 Å². The lowest BCUT2D eigenvalue weighted by atomic mass is 9.93. The molecule has 0 saturated carbocycles. The second-order valence-electron chi connectivity index (χ2n) is 7.86. The van der Waals surface area contributed by atoms with Gasteiger partial charge in [0.15, 0.2) is 0 Å². The Bertz CT molecular complexity index is 791. The number of pyridine rings is 1. The smallest absolute Gasteiger partial charge is 0.149 e. The molecule has 0 spiro atoms. The quantitative estimate of drug-likeness (QED) is 0.701. The molecule has 0 fully saturated rings. The molecule has 2 aromatic rings. The van der Waals surface area contributed by atoms with Gasteiger partial charge in [0, 0.05) is 30.0 Å². The van der Waals surface area contributed by atoms with E-state index in [1.165, 1.54) is 0 Å². The number of nitrogen functional groups attached to an aromatic ring is 1. The number of hydrogen-bond donors (Lipinski definition) is 3. The normalized spacial score (nSPS) is 16.7. The second kappa shape index (κ2) is 7.19. The third kappa shape index (κ3) is 3.38. The molecule has 26 heavy (non-hydrogen) atoms. The highest BCUT2D eigenvalue weighted by Crippen LogP contribution is 2.45. The summed E-state index contributed by atoms with van der Waals surface area (Å²) in [5.41, 5.74) is 8.88. The van der Waals surface area contributed by atoms with Gasteiger partial charge in [-0.15, -0.1) is 0 Å². The van der Waals surface area contributed by atoms with Crippen molar-refractivity contribution in [2.24, 2.45) is 5.41 Å². The molecule has 1 aliphatic rings. The van der Waals surface area contributed by atoms with Gasteiger partial charge >= 0.3 is 0 Å². The number of nitrogens with one attached hydrogen (secondary N) is 1. The fourth-order valence-corrected chi connectivity index (χ4v) is 3.54. The third-order valence-corrected chi connectivity index (χ3v) is 5.03. The Morgan fingerprint density at radius 3 is 2.81 bits per heavy atom. The Morgan fingerprint density at radius 1 is 1.38 bits per heavy atom. The van der Waals surface area contributed by atoms with Gasteiger partial charge in [-0.05, 0) is 25.0 Å². The molecule has 0 aliphatic carbocycles. The molecule has 1 aromatic heterocycles. The summed E-state index contributed by atoms with van der Waals surface area (Å²) in [6.45, 7) is 7.23. The van der Waals surface area contributed by atoms with Gasteiger partial charge < -0.3 is 25.8 Å². The van der Waals surface area contributed by atoms with Crippen LogP contribution in [0.2, 0.25) is 0 Å². The van der Waals surface area contributed by atoms with E-state index in [9.17, 15) is 5.11 Å². The van der Waals surface area contributed by atoms with Gasteiger partial charge in [0.2, 0.25) is 0 Å².